The number of aliphatic carboxylic acids is 1. The van der Waals surface area contributed by atoms with Crippen molar-refractivity contribution in [1.29, 1.82) is 0 Å². The SMILES string of the molecule is CC[C@H](C)[C@H](NC(=O)[C@H](CCCN=C(N)N)NC(=O)[C@H](CCCN=C(N)N)NC(=O)[C@H](CC(C)C)NC(=O)[C@H](Cc1ccccc1)NC(=O)CNC(=O)[C@H](C)NC(=O)[C@@H](N)Cc1ccc(O)cc1)C(=O)N[C@@H](CCCN=C(N)N)C(=O)N1CCC[C@H]1C(=O)N[C@@H](CCCCN)C(=O)O. The number of aliphatic imine (C=N–C) groups is 3. The van der Waals surface area contributed by atoms with E-state index in [4.69, 9.17) is 45.9 Å². The topological polar surface area (TPSA) is 585 Å². The molecule has 544 valence electrons. The van der Waals surface area contributed by atoms with E-state index < -0.39 is 138 Å². The molecular formula is C64H105N21O13. The van der Waals surface area contributed by atoms with Gasteiger partial charge in [-0.25, -0.2) is 4.79 Å². The number of hydrogen-bond acceptors (Lipinski definition) is 17. The lowest BCUT2D eigenvalue weighted by Crippen LogP contribution is -2.61. The number of nitrogens with zero attached hydrogens (tertiary/aromatic N) is 4. The van der Waals surface area contributed by atoms with Gasteiger partial charge in [0, 0.05) is 32.6 Å². The number of nitrogens with two attached hydrogens (primary N) is 8. The van der Waals surface area contributed by atoms with Crippen molar-refractivity contribution in [2.75, 3.05) is 39.3 Å². The zero-order valence-electron chi connectivity index (χ0n) is 56.8. The van der Waals surface area contributed by atoms with Crippen LogP contribution in [0.2, 0.25) is 0 Å². The maximum atomic E-state index is 14.8. The largest absolute Gasteiger partial charge is 0.508 e. The molecule has 11 atom stereocenters. The van der Waals surface area contributed by atoms with Crippen LogP contribution in [0.1, 0.15) is 129 Å². The molecule has 3 rings (SSSR count). The Morgan fingerprint density at radius 2 is 1.05 bits per heavy atom. The lowest BCUT2D eigenvalue weighted by atomic mass is 9.96. The number of likely N-dealkylation sites (tertiary alicyclic amines) is 1. The van der Waals surface area contributed by atoms with E-state index in [1.54, 1.807) is 70.2 Å². The van der Waals surface area contributed by atoms with Crippen molar-refractivity contribution in [2.45, 2.75) is 191 Å². The Morgan fingerprint density at radius 1 is 0.551 bits per heavy atom. The van der Waals surface area contributed by atoms with Crippen LogP contribution in [0, 0.1) is 11.8 Å². The molecule has 2 aromatic rings. The highest BCUT2D eigenvalue weighted by molar-refractivity contribution is 5.99. The van der Waals surface area contributed by atoms with Crippen LogP contribution in [0.15, 0.2) is 69.6 Å². The molecule has 1 aliphatic heterocycles. The minimum atomic E-state index is -1.44. The van der Waals surface area contributed by atoms with Gasteiger partial charge in [-0.3, -0.25) is 62.9 Å². The van der Waals surface area contributed by atoms with Crippen LogP contribution in [-0.2, 0) is 65.6 Å². The van der Waals surface area contributed by atoms with Gasteiger partial charge in [0.05, 0.1) is 12.6 Å². The average molecular weight is 1380 g/mol. The molecule has 0 saturated carbocycles. The van der Waals surface area contributed by atoms with E-state index in [0.29, 0.717) is 43.4 Å². The smallest absolute Gasteiger partial charge is 0.326 e. The first kappa shape index (κ1) is 82.4. The molecule has 98 heavy (non-hydrogen) atoms. The van der Waals surface area contributed by atoms with Crippen LogP contribution in [-0.4, -0.2) is 198 Å². The summed E-state index contributed by atoms with van der Waals surface area (Å²) in [5.41, 5.74) is 46.6. The lowest BCUT2D eigenvalue weighted by molar-refractivity contribution is -0.145. The van der Waals surface area contributed by atoms with E-state index >= 15 is 0 Å². The molecule has 0 aliphatic carbocycles. The molecule has 1 heterocycles. The fourth-order valence-electron chi connectivity index (χ4n) is 10.6. The Labute approximate surface area is 571 Å². The molecule has 0 spiro atoms. The van der Waals surface area contributed by atoms with Crippen molar-refractivity contribution in [2.24, 2.45) is 72.7 Å². The van der Waals surface area contributed by atoms with Crippen LogP contribution in [0.5, 0.6) is 5.75 Å². The number of carboxylic acids is 1. The van der Waals surface area contributed by atoms with Gasteiger partial charge in [0.2, 0.25) is 59.1 Å². The predicted molar refractivity (Wildman–Crippen MR) is 368 cm³/mol. The highest BCUT2D eigenvalue weighted by atomic mass is 16.4. The molecule has 1 aliphatic rings. The van der Waals surface area contributed by atoms with Gasteiger partial charge in [0.15, 0.2) is 17.9 Å². The molecule has 0 aromatic heterocycles. The van der Waals surface area contributed by atoms with Crippen molar-refractivity contribution in [3.63, 3.8) is 0 Å². The third-order valence-corrected chi connectivity index (χ3v) is 16.1. The van der Waals surface area contributed by atoms with Crippen molar-refractivity contribution >= 4 is 82.9 Å². The summed E-state index contributed by atoms with van der Waals surface area (Å²) in [7, 11) is 0. The molecule has 2 aromatic carbocycles. The minimum Gasteiger partial charge on any atom is -0.508 e. The number of phenolic OH excluding ortho intramolecular Hbond substituents is 1. The second-order valence-electron chi connectivity index (χ2n) is 24.7. The molecule has 34 nitrogen and oxygen atoms in total. The lowest BCUT2D eigenvalue weighted by Gasteiger charge is -2.32. The number of nitrogens with one attached hydrogen (secondary N) is 9. The normalized spacial score (nSPS) is 15.6. The Hall–Kier alpha value is -9.86. The summed E-state index contributed by atoms with van der Waals surface area (Å²) in [6.07, 6.45) is 2.08. The summed E-state index contributed by atoms with van der Waals surface area (Å²) in [5.74, 6) is -10.5. The minimum absolute atomic E-state index is 0.00239. The van der Waals surface area contributed by atoms with Crippen molar-refractivity contribution in [3.05, 3.63) is 65.7 Å². The number of amides is 10. The summed E-state index contributed by atoms with van der Waals surface area (Å²) in [6.45, 7) is 8.24. The molecular weight excluding hydrogens is 1270 g/mol. The number of carboxylic acid groups (broad SMARTS) is 1. The first-order valence-electron chi connectivity index (χ1n) is 33.1. The van der Waals surface area contributed by atoms with Crippen LogP contribution in [0.3, 0.4) is 0 Å². The molecule has 1 saturated heterocycles. The summed E-state index contributed by atoms with van der Waals surface area (Å²) in [5, 5.41) is 43.4. The average Bonchev–Trinajstić information content (AvgIpc) is 1.51. The Morgan fingerprint density at radius 3 is 1.58 bits per heavy atom. The number of guanidine groups is 3. The highest BCUT2D eigenvalue weighted by Crippen LogP contribution is 2.22. The van der Waals surface area contributed by atoms with E-state index in [-0.39, 0.29) is 126 Å². The number of carbonyl (C=O) groups is 11. The van der Waals surface area contributed by atoms with E-state index in [0.717, 1.165) is 0 Å². The number of unbranched alkanes of at least 4 members (excludes halogenated alkanes) is 1. The summed E-state index contributed by atoms with van der Waals surface area (Å²) >= 11 is 0. The fourth-order valence-corrected chi connectivity index (χ4v) is 10.6. The zero-order chi connectivity index (χ0) is 73.0. The summed E-state index contributed by atoms with van der Waals surface area (Å²) < 4.78 is 0. The van der Waals surface area contributed by atoms with Gasteiger partial charge in [-0.15, -0.1) is 0 Å². The van der Waals surface area contributed by atoms with E-state index in [1.807, 2.05) is 0 Å². The Balaban J connectivity index is 1.93. The molecule has 0 radical (unpaired) electrons. The predicted octanol–water partition coefficient (Wildman–Crippen LogP) is -4.02. The van der Waals surface area contributed by atoms with Crippen molar-refractivity contribution in [1.82, 2.24) is 52.8 Å². The van der Waals surface area contributed by atoms with Gasteiger partial charge in [0.1, 0.15) is 60.1 Å². The Kier molecular flexibility index (Phi) is 36.4. The van der Waals surface area contributed by atoms with Crippen LogP contribution >= 0.6 is 0 Å². The number of benzene rings is 2. The van der Waals surface area contributed by atoms with Crippen LogP contribution in [0.4, 0.5) is 0 Å². The van der Waals surface area contributed by atoms with Gasteiger partial charge in [-0.2, -0.15) is 0 Å². The van der Waals surface area contributed by atoms with Gasteiger partial charge >= 0.3 is 5.97 Å². The van der Waals surface area contributed by atoms with E-state index in [2.05, 4.69) is 62.8 Å². The van der Waals surface area contributed by atoms with E-state index in [9.17, 15) is 63.0 Å². The molecule has 34 heteroatoms. The van der Waals surface area contributed by atoms with E-state index in [1.165, 1.54) is 24.0 Å². The zero-order valence-corrected chi connectivity index (χ0v) is 56.8. The summed E-state index contributed by atoms with van der Waals surface area (Å²) in [6, 6.07) is 1.96. The monoisotopic (exact) mass is 1380 g/mol. The van der Waals surface area contributed by atoms with Crippen LogP contribution in [0.25, 0.3) is 0 Å². The van der Waals surface area contributed by atoms with Crippen molar-refractivity contribution in [3.8, 4) is 5.75 Å². The molecule has 0 bridgehead atoms. The summed E-state index contributed by atoms with van der Waals surface area (Å²) in [4.78, 5) is 167. The van der Waals surface area contributed by atoms with Crippen molar-refractivity contribution < 1.29 is 63.0 Å². The number of phenols is 1. The van der Waals surface area contributed by atoms with Gasteiger partial charge in [-0.1, -0.05) is 76.6 Å². The fraction of sp³-hybridized carbons (Fsp3) is 0.594. The molecule has 0 unspecified atom stereocenters. The molecule has 27 N–H and O–H groups in total. The maximum absolute atomic E-state index is 14.8. The third kappa shape index (κ3) is 30.5. The number of rotatable bonds is 44. The maximum Gasteiger partial charge on any atom is 0.326 e. The first-order valence-corrected chi connectivity index (χ1v) is 33.1. The molecule has 10 amide bonds. The number of hydrogen-bond donors (Lipinski definition) is 19. The van der Waals surface area contributed by atoms with Gasteiger partial charge in [-0.05, 0) is 132 Å². The first-order chi connectivity index (χ1) is 46.4. The second-order valence-corrected chi connectivity index (χ2v) is 24.7. The van der Waals surface area contributed by atoms with Gasteiger partial charge in [0.25, 0.3) is 0 Å². The number of aromatic hydroxyl groups is 1. The standard InChI is InChI=1S/C64H105N21O13/c1-6-37(4)51(59(95)81-45(21-14-30-75-64(71)72)60(96)85-31-15-22-49(85)58(94)82-46(61(97)98)18-10-11-27-65)84-55(91)44(20-13-29-74-63(69)70)79-54(90)43(19-12-28-73-62(67)68)80-56(92)47(32-36(2)3)83-57(93)48(34-39-16-8-7-9-17-39)78-50(87)35-76-52(88)38(5)77-53(89)42(66)33-40-23-25-41(86)26-24-40/h7-9,16-17,23-26,36-38,42-49,51,86H,6,10-15,18-22,27-35,65-66H2,1-5H3,(H,76,88)(H,77,89)(H,78,87)(H,79,90)(H,80,92)(H,81,95)(H,82,94)(H,83,93)(H,84,91)(H,97,98)(H4,67,68,73)(H4,69,70,74)(H4,71,72,75)/t37-,38-,42-,43-,44-,45-,46-,47-,48-,49-,51-/m0/s1. The number of carbonyl (C=O) groups excluding carboxylic acids is 10. The van der Waals surface area contributed by atoms with Crippen LogP contribution < -0.4 is 93.7 Å². The Bertz CT molecular complexity index is 3030. The second kappa shape index (κ2) is 43.3. The highest BCUT2D eigenvalue weighted by Gasteiger charge is 2.41. The van der Waals surface area contributed by atoms with Gasteiger partial charge < -0.3 is 109 Å². The quantitative estimate of drug-likeness (QED) is 0.0171. The molecule has 1 fully saturated rings. The third-order valence-electron chi connectivity index (χ3n) is 16.1.